The van der Waals surface area contributed by atoms with Gasteiger partial charge in [0.15, 0.2) is 0 Å². The zero-order valence-electron chi connectivity index (χ0n) is 8.20. The van der Waals surface area contributed by atoms with Gasteiger partial charge in [0, 0.05) is 10.2 Å². The minimum atomic E-state index is 0.731. The monoisotopic (exact) mass is 158 g/mol. The Bertz CT molecular complexity index is 84.7. The minimum Gasteiger partial charge on any atom is -0.0652 e. The summed E-state index contributed by atoms with van der Waals surface area (Å²) in [5.74, 6) is 0.939. The molecule has 0 heterocycles. The number of hydrogen-bond acceptors (Lipinski definition) is 0. The second-order valence-electron chi connectivity index (χ2n) is 3.67. The minimum absolute atomic E-state index is 0.731. The summed E-state index contributed by atoms with van der Waals surface area (Å²) >= 11 is 0. The summed E-state index contributed by atoms with van der Waals surface area (Å²) in [5, 5.41) is 0.731. The van der Waals surface area contributed by atoms with E-state index in [1.54, 1.807) is 0 Å². The fourth-order valence-corrected chi connectivity index (χ4v) is 1.85. The lowest BCUT2D eigenvalue weighted by atomic mass is 9.86. The van der Waals surface area contributed by atoms with Crippen molar-refractivity contribution in [2.75, 3.05) is 0 Å². The van der Waals surface area contributed by atoms with E-state index in [-0.39, 0.29) is 0 Å². The second-order valence-corrected chi connectivity index (χ2v) is 5.66. The summed E-state index contributed by atoms with van der Waals surface area (Å²) in [6, 6.07) is 0. The van der Waals surface area contributed by atoms with Crippen LogP contribution in [0.5, 0.6) is 0 Å². The highest BCUT2D eigenvalue weighted by molar-refractivity contribution is 6.15. The molecule has 0 spiro atoms. The van der Waals surface area contributed by atoms with Crippen molar-refractivity contribution < 1.29 is 0 Å². The molecule has 0 bridgehead atoms. The van der Waals surface area contributed by atoms with Crippen LogP contribution in [0.15, 0.2) is 0 Å². The summed E-state index contributed by atoms with van der Waals surface area (Å²) in [6.45, 7) is 9.38. The molecule has 0 aliphatic heterocycles. The van der Waals surface area contributed by atoms with E-state index in [1.807, 2.05) is 0 Å². The maximum absolute atomic E-state index is 2.40. The summed E-state index contributed by atoms with van der Waals surface area (Å²) in [7, 11) is 1.36. The standard InChI is InChI=1S/C9H22Si/c1-5-8(4)9(10,6-2)7-3/h8H,5-7H2,1-4,10H3. The van der Waals surface area contributed by atoms with Gasteiger partial charge in [-0.25, -0.2) is 0 Å². The Hall–Kier alpha value is 0.217. The molecule has 62 valence electrons. The molecule has 0 aromatic rings. The molecule has 1 heteroatoms. The van der Waals surface area contributed by atoms with Crippen molar-refractivity contribution in [2.45, 2.75) is 52.0 Å². The first-order chi connectivity index (χ1) is 4.60. The summed E-state index contributed by atoms with van der Waals surface area (Å²) < 4.78 is 0. The summed E-state index contributed by atoms with van der Waals surface area (Å²) in [6.07, 6.45) is 4.11. The van der Waals surface area contributed by atoms with Crippen LogP contribution in [0.25, 0.3) is 0 Å². The molecule has 0 aromatic heterocycles. The largest absolute Gasteiger partial charge is 0.0652 e. The highest BCUT2D eigenvalue weighted by Crippen LogP contribution is 2.40. The number of rotatable bonds is 4. The van der Waals surface area contributed by atoms with E-state index in [4.69, 9.17) is 0 Å². The van der Waals surface area contributed by atoms with Gasteiger partial charge in [-0.05, 0) is 11.0 Å². The molecule has 0 nitrogen and oxygen atoms in total. The average Bonchev–Trinajstić information content (AvgIpc) is 2.01. The van der Waals surface area contributed by atoms with E-state index in [0.717, 1.165) is 11.0 Å². The molecule has 0 fully saturated rings. The molecule has 0 aliphatic carbocycles. The van der Waals surface area contributed by atoms with Gasteiger partial charge in [0.25, 0.3) is 0 Å². The normalized spacial score (nSPS) is 15.6. The molecule has 0 aliphatic rings. The van der Waals surface area contributed by atoms with Gasteiger partial charge < -0.3 is 0 Å². The fourth-order valence-electron chi connectivity index (χ4n) is 1.44. The predicted molar refractivity (Wildman–Crippen MR) is 52.7 cm³/mol. The zero-order chi connectivity index (χ0) is 8.20. The van der Waals surface area contributed by atoms with Crippen LogP contribution >= 0.6 is 0 Å². The molecule has 1 unspecified atom stereocenters. The van der Waals surface area contributed by atoms with Gasteiger partial charge in [0.2, 0.25) is 0 Å². The van der Waals surface area contributed by atoms with E-state index >= 15 is 0 Å². The molecule has 0 saturated heterocycles. The lowest BCUT2D eigenvalue weighted by Gasteiger charge is -2.33. The Morgan fingerprint density at radius 1 is 1.20 bits per heavy atom. The molecule has 0 amide bonds. The predicted octanol–water partition coefficient (Wildman–Crippen LogP) is 2.38. The maximum atomic E-state index is 2.40. The molecule has 1 atom stereocenters. The van der Waals surface area contributed by atoms with Crippen LogP contribution in [0.2, 0.25) is 5.04 Å². The van der Waals surface area contributed by atoms with Gasteiger partial charge in [0.05, 0.1) is 0 Å². The lowest BCUT2D eigenvalue weighted by molar-refractivity contribution is 0.351. The average molecular weight is 158 g/mol. The Morgan fingerprint density at radius 3 is 1.70 bits per heavy atom. The van der Waals surface area contributed by atoms with Crippen LogP contribution < -0.4 is 0 Å². The van der Waals surface area contributed by atoms with Gasteiger partial charge in [-0.15, -0.1) is 0 Å². The molecule has 0 aromatic carbocycles. The smallest absolute Gasteiger partial charge is 0.0110 e. The molecular weight excluding hydrogens is 136 g/mol. The van der Waals surface area contributed by atoms with Gasteiger partial charge in [-0.2, -0.15) is 0 Å². The van der Waals surface area contributed by atoms with E-state index in [2.05, 4.69) is 27.7 Å². The van der Waals surface area contributed by atoms with Crippen LogP contribution in [-0.4, -0.2) is 10.2 Å². The lowest BCUT2D eigenvalue weighted by Crippen LogP contribution is -2.19. The Morgan fingerprint density at radius 2 is 1.60 bits per heavy atom. The van der Waals surface area contributed by atoms with Crippen molar-refractivity contribution in [3.63, 3.8) is 0 Å². The first-order valence-electron chi connectivity index (χ1n) is 4.60. The van der Waals surface area contributed by atoms with E-state index in [0.29, 0.717) is 0 Å². The van der Waals surface area contributed by atoms with E-state index in [9.17, 15) is 0 Å². The third-order valence-electron chi connectivity index (χ3n) is 3.42. The van der Waals surface area contributed by atoms with Crippen molar-refractivity contribution >= 4 is 10.2 Å². The van der Waals surface area contributed by atoms with Crippen LogP contribution in [0.1, 0.15) is 47.0 Å². The molecule has 0 saturated carbocycles. The molecule has 10 heavy (non-hydrogen) atoms. The maximum Gasteiger partial charge on any atom is 0.0110 e. The van der Waals surface area contributed by atoms with Gasteiger partial charge >= 0.3 is 0 Å². The first kappa shape index (κ1) is 10.2. The molecular formula is C9H22Si. The van der Waals surface area contributed by atoms with Crippen molar-refractivity contribution in [1.82, 2.24) is 0 Å². The van der Waals surface area contributed by atoms with Crippen molar-refractivity contribution in [1.29, 1.82) is 0 Å². The van der Waals surface area contributed by atoms with Crippen LogP contribution in [0, 0.1) is 5.92 Å². The SMILES string of the molecule is CCC(C)C([SiH3])(CC)CC. The van der Waals surface area contributed by atoms with Crippen LogP contribution in [0.3, 0.4) is 0 Å². The quantitative estimate of drug-likeness (QED) is 0.551. The van der Waals surface area contributed by atoms with Crippen LogP contribution in [0.4, 0.5) is 0 Å². The zero-order valence-corrected chi connectivity index (χ0v) is 10.2. The summed E-state index contributed by atoms with van der Waals surface area (Å²) in [5.41, 5.74) is 0. The topological polar surface area (TPSA) is 0 Å². The molecule has 0 radical (unpaired) electrons. The van der Waals surface area contributed by atoms with Crippen molar-refractivity contribution in [3.8, 4) is 0 Å². The molecule has 0 N–H and O–H groups in total. The fraction of sp³-hybridized carbons (Fsp3) is 1.00. The third-order valence-corrected chi connectivity index (χ3v) is 5.82. The molecule has 0 rings (SSSR count). The van der Waals surface area contributed by atoms with Crippen LogP contribution in [-0.2, 0) is 0 Å². The van der Waals surface area contributed by atoms with Gasteiger partial charge in [-0.1, -0.05) is 47.0 Å². The van der Waals surface area contributed by atoms with E-state index < -0.39 is 0 Å². The second kappa shape index (κ2) is 4.17. The first-order valence-corrected chi connectivity index (χ1v) is 5.60. The Balaban J connectivity index is 4.02. The third kappa shape index (κ3) is 2.12. The number of hydrogen-bond donors (Lipinski definition) is 0. The van der Waals surface area contributed by atoms with Crippen molar-refractivity contribution in [3.05, 3.63) is 0 Å². The van der Waals surface area contributed by atoms with Gasteiger partial charge in [0.1, 0.15) is 0 Å². The van der Waals surface area contributed by atoms with E-state index in [1.165, 1.54) is 29.5 Å². The summed E-state index contributed by atoms with van der Waals surface area (Å²) in [4.78, 5) is 0. The van der Waals surface area contributed by atoms with Gasteiger partial charge in [-0.3, -0.25) is 0 Å². The Labute approximate surface area is 68.8 Å². The Kier molecular flexibility index (Phi) is 4.26. The highest BCUT2D eigenvalue weighted by atomic mass is 28.1. The highest BCUT2D eigenvalue weighted by Gasteiger charge is 2.25. The van der Waals surface area contributed by atoms with Crippen molar-refractivity contribution in [2.24, 2.45) is 5.92 Å².